The molecule has 3 heterocycles. The second kappa shape index (κ2) is 6.32. The van der Waals surface area contributed by atoms with Crippen LogP contribution in [0.2, 0.25) is 0 Å². The molecule has 0 aromatic carbocycles. The molecule has 1 N–H and O–H groups in total. The molecule has 1 aliphatic heterocycles. The highest BCUT2D eigenvalue weighted by molar-refractivity contribution is 7.20. The van der Waals surface area contributed by atoms with Gasteiger partial charge in [0, 0.05) is 30.2 Å². The van der Waals surface area contributed by atoms with Crippen molar-refractivity contribution >= 4 is 22.7 Å². The van der Waals surface area contributed by atoms with E-state index in [1.807, 2.05) is 6.20 Å². The second-order valence-corrected chi connectivity index (χ2v) is 7.09. The maximum Gasteiger partial charge on any atom is 0.133 e. The van der Waals surface area contributed by atoms with E-state index in [1.54, 1.807) is 22.7 Å². The van der Waals surface area contributed by atoms with Gasteiger partial charge < -0.3 is 9.84 Å². The van der Waals surface area contributed by atoms with Crippen LogP contribution in [0.4, 0.5) is 0 Å². The van der Waals surface area contributed by atoms with Crippen LogP contribution in [0.1, 0.15) is 11.8 Å². The monoisotopic (exact) mass is 310 g/mol. The summed E-state index contributed by atoms with van der Waals surface area (Å²) in [5, 5.41) is 12.4. The summed E-state index contributed by atoms with van der Waals surface area (Å²) in [5.74, 6) is 0. The van der Waals surface area contributed by atoms with Crippen molar-refractivity contribution < 1.29 is 9.84 Å². The molecule has 2 unspecified atom stereocenters. The van der Waals surface area contributed by atoms with Crippen LogP contribution in [0.5, 0.6) is 0 Å². The first-order valence-corrected chi connectivity index (χ1v) is 8.41. The van der Waals surface area contributed by atoms with Gasteiger partial charge in [-0.15, -0.1) is 22.7 Å². The third kappa shape index (κ3) is 3.10. The number of ether oxygens (including phenoxy) is 1. The molecule has 0 bridgehead atoms. The molecular weight excluding hydrogens is 292 g/mol. The predicted octanol–water partition coefficient (Wildman–Crippen LogP) is 2.45. The van der Waals surface area contributed by atoms with Crippen LogP contribution in [-0.2, 0) is 11.3 Å². The van der Waals surface area contributed by atoms with Crippen LogP contribution in [0.15, 0.2) is 23.7 Å². The minimum atomic E-state index is -0.0594. The third-order valence-corrected chi connectivity index (χ3v) is 5.50. The van der Waals surface area contributed by atoms with Crippen LogP contribution >= 0.6 is 22.7 Å². The van der Waals surface area contributed by atoms with E-state index in [-0.39, 0.29) is 12.7 Å². The molecule has 0 radical (unpaired) electrons. The molecule has 2 aromatic rings. The number of hydrogen-bond acceptors (Lipinski definition) is 6. The SMILES string of the molecule is CC1COC(CO)CN1Cc1cnc(-c2cccs2)s1. The minimum Gasteiger partial charge on any atom is -0.394 e. The zero-order chi connectivity index (χ0) is 13.9. The number of thiophene rings is 1. The van der Waals surface area contributed by atoms with Gasteiger partial charge in [-0.2, -0.15) is 0 Å². The molecular formula is C14H18N2O2S2. The lowest BCUT2D eigenvalue weighted by Gasteiger charge is -2.37. The van der Waals surface area contributed by atoms with Crippen molar-refractivity contribution in [3.8, 4) is 9.88 Å². The fourth-order valence-corrected chi connectivity index (χ4v) is 4.04. The number of morpholine rings is 1. The van der Waals surface area contributed by atoms with Crippen LogP contribution in [-0.4, -0.2) is 46.9 Å². The van der Waals surface area contributed by atoms with Crippen LogP contribution in [0, 0.1) is 0 Å². The first kappa shape index (κ1) is 14.2. The highest BCUT2D eigenvalue weighted by atomic mass is 32.1. The topological polar surface area (TPSA) is 45.6 Å². The van der Waals surface area contributed by atoms with Gasteiger partial charge in [0.05, 0.1) is 24.2 Å². The molecule has 2 aromatic heterocycles. The van der Waals surface area contributed by atoms with Crippen molar-refractivity contribution in [2.75, 3.05) is 19.8 Å². The Morgan fingerprint density at radius 1 is 1.55 bits per heavy atom. The van der Waals surface area contributed by atoms with Crippen molar-refractivity contribution in [3.05, 3.63) is 28.6 Å². The minimum absolute atomic E-state index is 0.0594. The van der Waals surface area contributed by atoms with Gasteiger partial charge in [-0.1, -0.05) is 6.07 Å². The average Bonchev–Trinajstić information content (AvgIpc) is 3.12. The standard InChI is InChI=1S/C14H18N2O2S2/c1-10-9-18-11(8-17)6-16(10)7-12-5-15-14(20-12)13-3-2-4-19-13/h2-5,10-11,17H,6-9H2,1H3. The quantitative estimate of drug-likeness (QED) is 0.942. The summed E-state index contributed by atoms with van der Waals surface area (Å²) in [4.78, 5) is 9.36. The maximum atomic E-state index is 9.23. The first-order valence-electron chi connectivity index (χ1n) is 6.71. The van der Waals surface area contributed by atoms with Gasteiger partial charge in [0.2, 0.25) is 0 Å². The van der Waals surface area contributed by atoms with Crippen molar-refractivity contribution in [2.45, 2.75) is 25.6 Å². The fourth-order valence-electron chi connectivity index (χ4n) is 2.30. The van der Waals surface area contributed by atoms with Crippen LogP contribution in [0.3, 0.4) is 0 Å². The van der Waals surface area contributed by atoms with Gasteiger partial charge in [-0.05, 0) is 18.4 Å². The van der Waals surface area contributed by atoms with Crippen molar-refractivity contribution in [2.24, 2.45) is 0 Å². The summed E-state index contributed by atoms with van der Waals surface area (Å²) in [6.45, 7) is 4.59. The number of aliphatic hydroxyl groups is 1. The van der Waals surface area contributed by atoms with E-state index in [0.717, 1.165) is 18.1 Å². The zero-order valence-corrected chi connectivity index (χ0v) is 13.0. The molecule has 1 fully saturated rings. The summed E-state index contributed by atoms with van der Waals surface area (Å²) in [5.41, 5.74) is 0. The van der Waals surface area contributed by atoms with E-state index in [0.29, 0.717) is 12.6 Å². The first-order chi connectivity index (χ1) is 9.76. The molecule has 1 saturated heterocycles. The Morgan fingerprint density at radius 3 is 3.20 bits per heavy atom. The molecule has 20 heavy (non-hydrogen) atoms. The molecule has 108 valence electrons. The lowest BCUT2D eigenvalue weighted by molar-refractivity contribution is -0.0803. The van der Waals surface area contributed by atoms with Gasteiger partial charge >= 0.3 is 0 Å². The zero-order valence-electron chi connectivity index (χ0n) is 11.4. The van der Waals surface area contributed by atoms with Crippen molar-refractivity contribution in [1.29, 1.82) is 0 Å². The normalized spacial score (nSPS) is 24.1. The summed E-state index contributed by atoms with van der Waals surface area (Å²) in [7, 11) is 0. The molecule has 2 atom stereocenters. The number of hydrogen-bond donors (Lipinski definition) is 1. The molecule has 3 rings (SSSR count). The number of aromatic nitrogens is 1. The predicted molar refractivity (Wildman–Crippen MR) is 82.1 cm³/mol. The largest absolute Gasteiger partial charge is 0.394 e. The van der Waals surface area contributed by atoms with E-state index < -0.39 is 0 Å². The molecule has 6 heteroatoms. The molecule has 1 aliphatic rings. The van der Waals surface area contributed by atoms with E-state index in [1.165, 1.54) is 9.75 Å². The Balaban J connectivity index is 1.68. The van der Waals surface area contributed by atoms with Gasteiger partial charge in [-0.3, -0.25) is 4.90 Å². The lowest BCUT2D eigenvalue weighted by Crippen LogP contribution is -2.48. The Hall–Kier alpha value is -0.790. The Morgan fingerprint density at radius 2 is 2.45 bits per heavy atom. The number of rotatable bonds is 4. The average molecular weight is 310 g/mol. The highest BCUT2D eigenvalue weighted by Gasteiger charge is 2.26. The number of nitrogens with zero attached hydrogens (tertiary/aromatic N) is 2. The summed E-state index contributed by atoms with van der Waals surface area (Å²) in [6.07, 6.45) is 1.91. The van der Waals surface area contributed by atoms with Crippen LogP contribution < -0.4 is 0 Å². The summed E-state index contributed by atoms with van der Waals surface area (Å²) >= 11 is 3.47. The second-order valence-electron chi connectivity index (χ2n) is 5.03. The van der Waals surface area contributed by atoms with Crippen molar-refractivity contribution in [3.63, 3.8) is 0 Å². The van der Waals surface area contributed by atoms with E-state index in [2.05, 4.69) is 34.3 Å². The summed E-state index contributed by atoms with van der Waals surface area (Å²) < 4.78 is 5.57. The molecule has 4 nitrogen and oxygen atoms in total. The Bertz CT molecular complexity index is 541. The highest BCUT2D eigenvalue weighted by Crippen LogP contribution is 2.30. The molecule has 0 saturated carbocycles. The smallest absolute Gasteiger partial charge is 0.133 e. The molecule has 0 aliphatic carbocycles. The Kier molecular flexibility index (Phi) is 4.48. The van der Waals surface area contributed by atoms with E-state index in [9.17, 15) is 5.11 Å². The van der Waals surface area contributed by atoms with Crippen LogP contribution in [0.25, 0.3) is 9.88 Å². The molecule has 0 spiro atoms. The summed E-state index contributed by atoms with van der Waals surface area (Å²) in [6, 6.07) is 4.54. The van der Waals surface area contributed by atoms with Gasteiger partial charge in [0.15, 0.2) is 0 Å². The van der Waals surface area contributed by atoms with Gasteiger partial charge in [0.25, 0.3) is 0 Å². The lowest BCUT2D eigenvalue weighted by atomic mass is 10.2. The number of aliphatic hydroxyl groups excluding tert-OH is 1. The van der Waals surface area contributed by atoms with Gasteiger partial charge in [0.1, 0.15) is 5.01 Å². The van der Waals surface area contributed by atoms with Gasteiger partial charge in [-0.25, -0.2) is 4.98 Å². The number of thiazole rings is 1. The third-order valence-electron chi connectivity index (χ3n) is 3.48. The fraction of sp³-hybridized carbons (Fsp3) is 0.500. The Labute approximate surface area is 126 Å². The van der Waals surface area contributed by atoms with E-state index in [4.69, 9.17) is 4.74 Å². The van der Waals surface area contributed by atoms with E-state index >= 15 is 0 Å². The molecule has 0 amide bonds. The van der Waals surface area contributed by atoms with Crippen molar-refractivity contribution in [1.82, 2.24) is 9.88 Å². The maximum absolute atomic E-state index is 9.23.